The van der Waals surface area contributed by atoms with Crippen LogP contribution in [0, 0.1) is 0 Å². The maximum Gasteiger partial charge on any atom is 0.204 e. The molecule has 82 valence electrons. The quantitative estimate of drug-likeness (QED) is 0.603. The molecule has 0 spiro atoms. The van der Waals surface area contributed by atoms with Gasteiger partial charge in [0.1, 0.15) is 0 Å². The zero-order chi connectivity index (χ0) is 11.4. The molecule has 1 N–H and O–H groups in total. The maximum atomic E-state index is 11.2. The minimum absolute atomic E-state index is 0.148. The molecule has 1 aromatic heterocycles. The molecule has 0 fully saturated rings. The lowest BCUT2D eigenvalue weighted by Gasteiger charge is -2.06. The number of nitrogens with zero attached hydrogens (tertiary/aromatic N) is 4. The Morgan fingerprint density at radius 2 is 2.38 bits per heavy atom. The molecule has 0 radical (unpaired) electrons. The highest BCUT2D eigenvalue weighted by Crippen LogP contribution is 2.20. The van der Waals surface area contributed by atoms with Crippen LogP contribution in [0.25, 0.3) is 11.4 Å². The van der Waals surface area contributed by atoms with E-state index in [0.717, 1.165) is 5.56 Å². The van der Waals surface area contributed by atoms with E-state index in [4.69, 9.17) is 0 Å². The number of tetrazole rings is 1. The monoisotopic (exact) mass is 216 g/mol. The van der Waals surface area contributed by atoms with E-state index in [1.165, 1.54) is 0 Å². The zero-order valence-electron chi connectivity index (χ0n) is 8.71. The first-order valence-corrected chi connectivity index (χ1v) is 4.88. The van der Waals surface area contributed by atoms with Crippen molar-refractivity contribution in [3.63, 3.8) is 0 Å². The number of nitrogens with one attached hydrogen (secondary N) is 1. The van der Waals surface area contributed by atoms with Crippen LogP contribution in [0.2, 0.25) is 0 Å². The van der Waals surface area contributed by atoms with Crippen molar-refractivity contribution >= 4 is 11.6 Å². The van der Waals surface area contributed by atoms with Gasteiger partial charge >= 0.3 is 0 Å². The van der Waals surface area contributed by atoms with Gasteiger partial charge in [-0.2, -0.15) is 5.21 Å². The van der Waals surface area contributed by atoms with Crippen LogP contribution in [0.5, 0.6) is 0 Å². The maximum absolute atomic E-state index is 11.2. The van der Waals surface area contributed by atoms with E-state index in [9.17, 15) is 5.11 Å². The summed E-state index contributed by atoms with van der Waals surface area (Å²) in [6, 6.07) is 7.14. The van der Waals surface area contributed by atoms with Crippen LogP contribution in [0.15, 0.2) is 29.3 Å². The number of H-pyrrole nitrogens is 1. The lowest BCUT2D eigenvalue weighted by Crippen LogP contribution is -2.14. The number of hydrogen-bond donors (Lipinski definition) is 1. The summed E-state index contributed by atoms with van der Waals surface area (Å²) < 4.78 is 0. The molecule has 1 aromatic carbocycles. The normalized spacial score (nSPS) is 11.7. The molecule has 2 aromatic rings. The third-order valence-electron chi connectivity index (χ3n) is 2.01. The molecular formula is C10H10N5O-. The Morgan fingerprint density at radius 1 is 1.50 bits per heavy atom. The molecule has 0 atom stereocenters. The molecule has 0 aliphatic rings. The van der Waals surface area contributed by atoms with E-state index >= 15 is 0 Å². The Morgan fingerprint density at radius 3 is 3.06 bits per heavy atom. The lowest BCUT2D eigenvalue weighted by molar-refractivity contribution is -0.218. The number of aliphatic imine (C=N–C) groups is 1. The molecule has 0 unspecified atom stereocenters. The second kappa shape index (κ2) is 4.52. The Hall–Kier alpha value is -2.24. The number of rotatable bonds is 3. The second-order valence-electron chi connectivity index (χ2n) is 3.14. The average molecular weight is 216 g/mol. The summed E-state index contributed by atoms with van der Waals surface area (Å²) >= 11 is 0. The molecule has 16 heavy (non-hydrogen) atoms. The summed E-state index contributed by atoms with van der Waals surface area (Å²) in [5.74, 6) is 0.339. The molecule has 0 saturated heterocycles. The van der Waals surface area contributed by atoms with E-state index in [0.29, 0.717) is 17.9 Å². The van der Waals surface area contributed by atoms with Crippen molar-refractivity contribution in [2.75, 3.05) is 0 Å². The molecule has 0 bridgehead atoms. The second-order valence-corrected chi connectivity index (χ2v) is 3.14. The number of hydrogen-bond acceptors (Lipinski definition) is 5. The zero-order valence-corrected chi connectivity index (χ0v) is 8.71. The first-order valence-electron chi connectivity index (χ1n) is 4.88. The molecular weight excluding hydrogens is 206 g/mol. The SMILES string of the molecule is CCC([O-])=Nc1cccc(-c2nn[nH]n2)c1. The fourth-order valence-electron chi connectivity index (χ4n) is 1.22. The van der Waals surface area contributed by atoms with Gasteiger partial charge in [-0.15, -0.1) is 10.2 Å². The number of aromatic nitrogens is 4. The van der Waals surface area contributed by atoms with Gasteiger partial charge in [-0.1, -0.05) is 19.1 Å². The molecule has 0 aliphatic carbocycles. The summed E-state index contributed by atoms with van der Waals surface area (Å²) in [6.45, 7) is 1.77. The van der Waals surface area contributed by atoms with Crippen molar-refractivity contribution < 1.29 is 5.11 Å². The Labute approximate surface area is 92.0 Å². The van der Waals surface area contributed by atoms with Crippen molar-refractivity contribution in [3.05, 3.63) is 24.3 Å². The van der Waals surface area contributed by atoms with Gasteiger partial charge in [0, 0.05) is 5.56 Å². The summed E-state index contributed by atoms with van der Waals surface area (Å²) in [7, 11) is 0. The predicted octanol–water partition coefficient (Wildman–Crippen LogP) is 0.667. The van der Waals surface area contributed by atoms with Crippen LogP contribution in [0.4, 0.5) is 5.69 Å². The number of benzene rings is 1. The van der Waals surface area contributed by atoms with Crippen molar-refractivity contribution in [3.8, 4) is 11.4 Å². The minimum Gasteiger partial charge on any atom is -0.862 e. The predicted molar refractivity (Wildman–Crippen MR) is 57.0 cm³/mol. The van der Waals surface area contributed by atoms with Gasteiger partial charge in [-0.05, 0) is 29.7 Å². The summed E-state index contributed by atoms with van der Waals surface area (Å²) in [5, 5.41) is 24.7. The smallest absolute Gasteiger partial charge is 0.204 e. The van der Waals surface area contributed by atoms with E-state index in [-0.39, 0.29) is 5.90 Å². The molecule has 0 amide bonds. The van der Waals surface area contributed by atoms with Crippen molar-refractivity contribution in [1.29, 1.82) is 0 Å². The van der Waals surface area contributed by atoms with Crippen LogP contribution in [0.1, 0.15) is 13.3 Å². The minimum atomic E-state index is -0.148. The van der Waals surface area contributed by atoms with Gasteiger partial charge in [0.05, 0.1) is 5.69 Å². The molecule has 6 nitrogen and oxygen atoms in total. The molecule has 0 saturated carbocycles. The van der Waals surface area contributed by atoms with Gasteiger partial charge in [-0.25, -0.2) is 0 Å². The van der Waals surface area contributed by atoms with E-state index in [2.05, 4.69) is 25.6 Å². The molecule has 6 heteroatoms. The molecule has 0 aliphatic heterocycles. The fraction of sp³-hybridized carbons (Fsp3) is 0.200. The Balaban J connectivity index is 2.34. The van der Waals surface area contributed by atoms with Crippen LogP contribution >= 0.6 is 0 Å². The van der Waals surface area contributed by atoms with Gasteiger partial charge in [-0.3, -0.25) is 4.99 Å². The van der Waals surface area contributed by atoms with Crippen LogP contribution in [-0.4, -0.2) is 26.5 Å². The summed E-state index contributed by atoms with van der Waals surface area (Å²) in [6.07, 6.45) is 0.395. The highest BCUT2D eigenvalue weighted by Gasteiger charge is 2.02. The van der Waals surface area contributed by atoms with Gasteiger partial charge in [0.15, 0.2) is 0 Å². The molecule has 1 heterocycles. The highest BCUT2D eigenvalue weighted by atomic mass is 16.3. The summed E-state index contributed by atoms with van der Waals surface area (Å²) in [4.78, 5) is 3.92. The van der Waals surface area contributed by atoms with Crippen molar-refractivity contribution in [1.82, 2.24) is 20.6 Å². The fourth-order valence-corrected chi connectivity index (χ4v) is 1.22. The van der Waals surface area contributed by atoms with E-state index in [1.807, 2.05) is 6.07 Å². The van der Waals surface area contributed by atoms with Gasteiger partial charge < -0.3 is 5.11 Å². The van der Waals surface area contributed by atoms with Crippen LogP contribution in [0.3, 0.4) is 0 Å². The first kappa shape index (κ1) is 10.3. The standard InChI is InChI=1S/C10H11N5O/c1-2-9(16)11-8-5-3-4-7(6-8)10-12-14-15-13-10/h3-6H,2H2,1H3,(H,11,16)(H,12,13,14,15)/p-1. The highest BCUT2D eigenvalue weighted by molar-refractivity contribution is 5.75. The van der Waals surface area contributed by atoms with Crippen LogP contribution in [-0.2, 0) is 0 Å². The number of aromatic amines is 1. The van der Waals surface area contributed by atoms with E-state index < -0.39 is 0 Å². The third-order valence-corrected chi connectivity index (χ3v) is 2.01. The van der Waals surface area contributed by atoms with Crippen molar-refractivity contribution in [2.45, 2.75) is 13.3 Å². The largest absolute Gasteiger partial charge is 0.862 e. The van der Waals surface area contributed by atoms with Gasteiger partial charge in [0.2, 0.25) is 5.82 Å². The Bertz CT molecular complexity index is 492. The van der Waals surface area contributed by atoms with E-state index in [1.54, 1.807) is 25.1 Å². The third kappa shape index (κ3) is 2.22. The van der Waals surface area contributed by atoms with Gasteiger partial charge in [0.25, 0.3) is 0 Å². The average Bonchev–Trinajstić information content (AvgIpc) is 2.83. The lowest BCUT2D eigenvalue weighted by atomic mass is 10.2. The summed E-state index contributed by atoms with van der Waals surface area (Å²) in [5.41, 5.74) is 1.38. The van der Waals surface area contributed by atoms with Crippen LogP contribution < -0.4 is 5.11 Å². The first-order chi connectivity index (χ1) is 7.79. The van der Waals surface area contributed by atoms with Crippen molar-refractivity contribution in [2.24, 2.45) is 4.99 Å². The molecule has 2 rings (SSSR count). The Kier molecular flexibility index (Phi) is 2.90. The topological polar surface area (TPSA) is 89.9 Å².